The van der Waals surface area contributed by atoms with E-state index in [2.05, 4.69) is 11.1 Å². The molecule has 1 N–H and O–H groups in total. The maximum Gasteiger partial charge on any atom is 0.253 e. The van der Waals surface area contributed by atoms with Crippen molar-refractivity contribution < 1.29 is 4.79 Å². The fourth-order valence-electron chi connectivity index (χ4n) is 3.84. The minimum absolute atomic E-state index is 0.0820. The molecular formula is C21H28N2O2. The Kier molecular flexibility index (Phi) is 5.57. The molecule has 4 nitrogen and oxygen atoms in total. The first-order chi connectivity index (χ1) is 12.1. The zero-order chi connectivity index (χ0) is 17.8. The summed E-state index contributed by atoms with van der Waals surface area (Å²) in [5.41, 5.74) is 2.62. The summed E-state index contributed by atoms with van der Waals surface area (Å²) in [4.78, 5) is 30.2. The van der Waals surface area contributed by atoms with Gasteiger partial charge in [0.2, 0.25) is 5.91 Å². The quantitative estimate of drug-likeness (QED) is 0.882. The lowest BCUT2D eigenvalue weighted by Gasteiger charge is -2.34. The minimum Gasteiger partial charge on any atom is -0.335 e. The molecule has 1 aromatic carbocycles. The summed E-state index contributed by atoms with van der Waals surface area (Å²) >= 11 is 0. The Balaban J connectivity index is 1.92. The van der Waals surface area contributed by atoms with E-state index in [1.165, 1.54) is 19.3 Å². The van der Waals surface area contributed by atoms with Crippen LogP contribution in [0.5, 0.6) is 0 Å². The molecule has 1 fully saturated rings. The number of pyridine rings is 1. The number of nitrogens with one attached hydrogen (secondary N) is 1. The maximum absolute atomic E-state index is 12.7. The highest BCUT2D eigenvalue weighted by Crippen LogP contribution is 2.25. The van der Waals surface area contributed by atoms with Gasteiger partial charge in [0.05, 0.1) is 6.54 Å². The van der Waals surface area contributed by atoms with E-state index in [0.717, 1.165) is 35.7 Å². The third-order valence-electron chi connectivity index (χ3n) is 5.22. The van der Waals surface area contributed by atoms with Gasteiger partial charge in [-0.3, -0.25) is 9.59 Å². The Morgan fingerprint density at radius 2 is 1.96 bits per heavy atom. The summed E-state index contributed by atoms with van der Waals surface area (Å²) in [5, 5.41) is 1.03. The number of aryl methyl sites for hydroxylation is 1. The molecule has 0 spiro atoms. The van der Waals surface area contributed by atoms with Gasteiger partial charge in [0.25, 0.3) is 5.56 Å². The van der Waals surface area contributed by atoms with E-state index in [1.54, 1.807) is 0 Å². The maximum atomic E-state index is 12.7. The summed E-state index contributed by atoms with van der Waals surface area (Å²) in [7, 11) is 0. The summed E-state index contributed by atoms with van der Waals surface area (Å²) in [6.45, 7) is 4.49. The molecule has 2 aromatic rings. The van der Waals surface area contributed by atoms with Crippen LogP contribution in [0.25, 0.3) is 10.9 Å². The molecule has 0 saturated heterocycles. The van der Waals surface area contributed by atoms with Crippen LogP contribution >= 0.6 is 0 Å². The Hall–Kier alpha value is -2.10. The number of carbonyl (C=O) groups is 1. The van der Waals surface area contributed by atoms with Gasteiger partial charge in [-0.2, -0.15) is 0 Å². The lowest BCUT2D eigenvalue weighted by Crippen LogP contribution is -2.42. The molecule has 0 bridgehead atoms. The van der Waals surface area contributed by atoms with Gasteiger partial charge in [0, 0.05) is 23.5 Å². The minimum atomic E-state index is -0.0820. The zero-order valence-electron chi connectivity index (χ0n) is 15.3. The molecule has 0 aliphatic heterocycles. The Morgan fingerprint density at radius 3 is 2.68 bits per heavy atom. The van der Waals surface area contributed by atoms with E-state index < -0.39 is 0 Å². The molecule has 0 unspecified atom stereocenters. The van der Waals surface area contributed by atoms with Crippen molar-refractivity contribution in [3.63, 3.8) is 0 Å². The summed E-state index contributed by atoms with van der Waals surface area (Å²) in [6, 6.07) is 8.25. The number of H-pyrrole nitrogens is 1. The highest BCUT2D eigenvalue weighted by Gasteiger charge is 2.25. The van der Waals surface area contributed by atoms with Crippen LogP contribution in [0.3, 0.4) is 0 Å². The van der Waals surface area contributed by atoms with Crippen LogP contribution in [-0.2, 0) is 11.3 Å². The highest BCUT2D eigenvalue weighted by molar-refractivity contribution is 5.80. The van der Waals surface area contributed by atoms with E-state index in [4.69, 9.17) is 0 Å². The van der Waals surface area contributed by atoms with Crippen molar-refractivity contribution >= 4 is 16.8 Å². The van der Waals surface area contributed by atoms with Crippen molar-refractivity contribution in [3.05, 3.63) is 45.7 Å². The van der Waals surface area contributed by atoms with Crippen LogP contribution in [0.4, 0.5) is 0 Å². The van der Waals surface area contributed by atoms with E-state index in [9.17, 15) is 9.59 Å². The normalized spacial score (nSPS) is 15.4. The number of rotatable bonds is 5. The number of nitrogens with zero attached hydrogens (tertiary/aromatic N) is 1. The molecule has 4 heteroatoms. The van der Waals surface area contributed by atoms with Gasteiger partial charge in [-0.05, 0) is 49.8 Å². The van der Waals surface area contributed by atoms with Crippen molar-refractivity contribution in [3.8, 4) is 0 Å². The van der Waals surface area contributed by atoms with Crippen LogP contribution < -0.4 is 5.56 Å². The number of aromatic nitrogens is 1. The average molecular weight is 340 g/mol. The number of aromatic amines is 1. The molecule has 1 saturated carbocycles. The first-order valence-electron chi connectivity index (χ1n) is 9.50. The van der Waals surface area contributed by atoms with Gasteiger partial charge in [0.1, 0.15) is 0 Å². The molecule has 1 heterocycles. The second-order valence-electron chi connectivity index (χ2n) is 7.28. The van der Waals surface area contributed by atoms with Crippen molar-refractivity contribution in [1.29, 1.82) is 0 Å². The average Bonchev–Trinajstić information content (AvgIpc) is 2.61. The van der Waals surface area contributed by atoms with Crippen LogP contribution in [0.1, 0.15) is 63.0 Å². The fourth-order valence-corrected chi connectivity index (χ4v) is 3.84. The SMILES string of the molecule is CCCC(=O)N(Cc1cc2cc(C)ccc2[nH]c1=O)C1CCCCC1. The van der Waals surface area contributed by atoms with Crippen LogP contribution in [0.15, 0.2) is 29.1 Å². The molecule has 0 atom stereocenters. The molecule has 1 aliphatic carbocycles. The molecule has 1 amide bonds. The van der Waals surface area contributed by atoms with Crippen LogP contribution in [0.2, 0.25) is 0 Å². The predicted octanol–water partition coefficient (Wildman–Crippen LogP) is 4.30. The largest absolute Gasteiger partial charge is 0.335 e. The first-order valence-corrected chi connectivity index (χ1v) is 9.50. The molecule has 1 aromatic heterocycles. The van der Waals surface area contributed by atoms with Crippen molar-refractivity contribution in [2.24, 2.45) is 0 Å². The molecule has 134 valence electrons. The summed E-state index contributed by atoms with van der Waals surface area (Å²) in [5.74, 6) is 0.179. The molecule has 3 rings (SSSR count). The third kappa shape index (κ3) is 4.12. The van der Waals surface area contributed by atoms with Crippen LogP contribution in [0, 0.1) is 6.92 Å². The molecule has 1 aliphatic rings. The van der Waals surface area contributed by atoms with E-state index in [1.807, 2.05) is 36.9 Å². The summed E-state index contributed by atoms with van der Waals surface area (Å²) < 4.78 is 0. The van der Waals surface area contributed by atoms with E-state index in [0.29, 0.717) is 18.5 Å². The summed E-state index contributed by atoms with van der Waals surface area (Å²) in [6.07, 6.45) is 7.11. The smallest absolute Gasteiger partial charge is 0.253 e. The van der Waals surface area contributed by atoms with Gasteiger partial charge < -0.3 is 9.88 Å². The lowest BCUT2D eigenvalue weighted by molar-refractivity contribution is -0.135. The number of hydrogen-bond donors (Lipinski definition) is 1. The van der Waals surface area contributed by atoms with Crippen molar-refractivity contribution in [1.82, 2.24) is 9.88 Å². The number of benzene rings is 1. The number of hydrogen-bond acceptors (Lipinski definition) is 2. The number of carbonyl (C=O) groups excluding carboxylic acids is 1. The Bertz CT molecular complexity index is 803. The highest BCUT2D eigenvalue weighted by atomic mass is 16.2. The zero-order valence-corrected chi connectivity index (χ0v) is 15.3. The monoisotopic (exact) mass is 340 g/mol. The number of amides is 1. The number of fused-ring (bicyclic) bond motifs is 1. The molecule has 0 radical (unpaired) electrons. The van der Waals surface area contributed by atoms with Gasteiger partial charge in [-0.1, -0.05) is 37.8 Å². The fraction of sp³-hybridized carbons (Fsp3) is 0.524. The van der Waals surface area contributed by atoms with Gasteiger partial charge >= 0.3 is 0 Å². The first kappa shape index (κ1) is 17.7. The second kappa shape index (κ2) is 7.85. The second-order valence-corrected chi connectivity index (χ2v) is 7.28. The Labute approximate surface area is 149 Å². The Morgan fingerprint density at radius 1 is 1.20 bits per heavy atom. The predicted molar refractivity (Wildman–Crippen MR) is 102 cm³/mol. The van der Waals surface area contributed by atoms with E-state index >= 15 is 0 Å². The standard InChI is InChI=1S/C21H28N2O2/c1-3-7-20(24)23(18-8-5-4-6-9-18)14-17-13-16-12-15(2)10-11-19(16)22-21(17)25/h10-13,18H,3-9,14H2,1-2H3,(H,22,25). The van der Waals surface area contributed by atoms with Gasteiger partial charge in [-0.25, -0.2) is 0 Å². The van der Waals surface area contributed by atoms with Crippen LogP contribution in [-0.4, -0.2) is 21.8 Å². The lowest BCUT2D eigenvalue weighted by atomic mass is 9.93. The van der Waals surface area contributed by atoms with E-state index in [-0.39, 0.29) is 17.5 Å². The molecular weight excluding hydrogens is 312 g/mol. The molecule has 25 heavy (non-hydrogen) atoms. The van der Waals surface area contributed by atoms with Crippen molar-refractivity contribution in [2.45, 2.75) is 71.4 Å². The van der Waals surface area contributed by atoms with Crippen molar-refractivity contribution in [2.75, 3.05) is 0 Å². The topological polar surface area (TPSA) is 53.2 Å². The van der Waals surface area contributed by atoms with Gasteiger partial charge in [-0.15, -0.1) is 0 Å². The third-order valence-corrected chi connectivity index (χ3v) is 5.22. The van der Waals surface area contributed by atoms with Gasteiger partial charge in [0.15, 0.2) is 0 Å².